The van der Waals surface area contributed by atoms with Crippen molar-refractivity contribution < 1.29 is 9.21 Å². The van der Waals surface area contributed by atoms with Crippen LogP contribution in [0.2, 0.25) is 0 Å². The molecule has 0 saturated heterocycles. The molecule has 0 fully saturated rings. The molecule has 5 nitrogen and oxygen atoms in total. The lowest BCUT2D eigenvalue weighted by Gasteiger charge is -2.02. The number of aryl methyl sites for hydroxylation is 2. The maximum Gasteiger partial charge on any atom is 0.291 e. The zero-order valence-electron chi connectivity index (χ0n) is 13.5. The number of carbonyl (C=O) groups excluding carboxylic acids is 1. The fourth-order valence-electron chi connectivity index (χ4n) is 2.77. The van der Waals surface area contributed by atoms with E-state index in [1.54, 1.807) is 12.1 Å². The molecule has 2 N–H and O–H groups in total. The molecule has 0 aliphatic rings. The van der Waals surface area contributed by atoms with Gasteiger partial charge in [0.15, 0.2) is 5.76 Å². The van der Waals surface area contributed by atoms with Crippen molar-refractivity contribution in [1.82, 2.24) is 9.97 Å². The highest BCUT2D eigenvalue weighted by Crippen LogP contribution is 2.19. The molecule has 0 radical (unpaired) electrons. The van der Waals surface area contributed by atoms with Gasteiger partial charge in [-0.15, -0.1) is 0 Å². The van der Waals surface area contributed by atoms with E-state index in [1.807, 2.05) is 36.4 Å². The summed E-state index contributed by atoms with van der Waals surface area (Å²) in [5, 5.41) is 2.82. The van der Waals surface area contributed by atoms with E-state index in [1.165, 1.54) is 11.8 Å². The van der Waals surface area contributed by atoms with Crippen molar-refractivity contribution in [2.45, 2.75) is 12.8 Å². The van der Waals surface area contributed by atoms with Gasteiger partial charge in [0, 0.05) is 12.1 Å². The minimum absolute atomic E-state index is 0.270. The van der Waals surface area contributed by atoms with E-state index in [2.05, 4.69) is 27.4 Å². The molecule has 0 unspecified atom stereocenters. The van der Waals surface area contributed by atoms with Crippen LogP contribution in [-0.2, 0) is 12.8 Å². The second kappa shape index (κ2) is 6.65. The average molecular weight is 331 g/mol. The van der Waals surface area contributed by atoms with Crippen LogP contribution in [0.1, 0.15) is 21.9 Å². The molecular weight excluding hydrogens is 314 g/mol. The van der Waals surface area contributed by atoms with Crippen LogP contribution < -0.4 is 5.32 Å². The van der Waals surface area contributed by atoms with Gasteiger partial charge >= 0.3 is 0 Å². The minimum Gasteiger partial charge on any atom is -0.459 e. The molecule has 5 heteroatoms. The number of amides is 1. The topological polar surface area (TPSA) is 70.9 Å². The summed E-state index contributed by atoms with van der Waals surface area (Å²) < 4.78 is 5.10. The third kappa shape index (κ3) is 3.45. The lowest BCUT2D eigenvalue weighted by molar-refractivity contribution is 0.0996. The molecule has 0 bridgehead atoms. The Kier molecular flexibility index (Phi) is 4.04. The van der Waals surface area contributed by atoms with E-state index >= 15 is 0 Å². The van der Waals surface area contributed by atoms with Crippen LogP contribution in [0.5, 0.6) is 0 Å². The van der Waals surface area contributed by atoms with Crippen molar-refractivity contribution in [3.05, 3.63) is 84.1 Å². The molecule has 2 heterocycles. The number of benzene rings is 2. The zero-order valence-corrected chi connectivity index (χ0v) is 13.5. The molecule has 124 valence electrons. The van der Waals surface area contributed by atoms with E-state index in [0.29, 0.717) is 5.69 Å². The smallest absolute Gasteiger partial charge is 0.291 e. The number of furan rings is 1. The van der Waals surface area contributed by atoms with E-state index in [4.69, 9.17) is 4.42 Å². The molecule has 0 spiro atoms. The number of anilines is 1. The first-order valence-corrected chi connectivity index (χ1v) is 8.15. The second-order valence-corrected chi connectivity index (χ2v) is 5.83. The molecule has 0 atom stereocenters. The average Bonchev–Trinajstić information content (AvgIpc) is 3.30. The Labute approximate surface area is 144 Å². The number of H-pyrrole nitrogens is 1. The van der Waals surface area contributed by atoms with Crippen LogP contribution in [0.25, 0.3) is 11.0 Å². The van der Waals surface area contributed by atoms with E-state index in [9.17, 15) is 4.79 Å². The highest BCUT2D eigenvalue weighted by molar-refractivity contribution is 6.03. The number of aromatic nitrogens is 2. The van der Waals surface area contributed by atoms with Gasteiger partial charge in [-0.1, -0.05) is 30.3 Å². The third-order valence-corrected chi connectivity index (χ3v) is 4.03. The Hall–Kier alpha value is -3.34. The molecule has 4 rings (SSSR count). The van der Waals surface area contributed by atoms with Crippen molar-refractivity contribution in [2.24, 2.45) is 0 Å². The highest BCUT2D eigenvalue weighted by Gasteiger charge is 2.10. The molecule has 1 amide bonds. The van der Waals surface area contributed by atoms with Gasteiger partial charge in [-0.3, -0.25) is 4.79 Å². The lowest BCUT2D eigenvalue weighted by Crippen LogP contribution is -2.10. The molecule has 0 saturated carbocycles. The van der Waals surface area contributed by atoms with Gasteiger partial charge in [0.05, 0.1) is 17.3 Å². The third-order valence-electron chi connectivity index (χ3n) is 4.03. The number of hydrogen-bond acceptors (Lipinski definition) is 3. The van der Waals surface area contributed by atoms with Gasteiger partial charge < -0.3 is 14.7 Å². The molecule has 2 aromatic heterocycles. The van der Waals surface area contributed by atoms with Crippen LogP contribution in [0, 0.1) is 0 Å². The molecule has 2 aromatic carbocycles. The van der Waals surface area contributed by atoms with Crippen LogP contribution in [0.3, 0.4) is 0 Å². The molecule has 0 aliphatic carbocycles. The molecular formula is C20H17N3O2. The number of rotatable bonds is 5. The maximum atomic E-state index is 12.0. The highest BCUT2D eigenvalue weighted by atomic mass is 16.3. The van der Waals surface area contributed by atoms with E-state index in [-0.39, 0.29) is 11.7 Å². The zero-order chi connectivity index (χ0) is 17.1. The first-order chi connectivity index (χ1) is 12.3. The summed E-state index contributed by atoms with van der Waals surface area (Å²) in [4.78, 5) is 20.0. The van der Waals surface area contributed by atoms with Crippen LogP contribution in [0.15, 0.2) is 71.3 Å². The van der Waals surface area contributed by atoms with Gasteiger partial charge in [-0.25, -0.2) is 4.98 Å². The predicted molar refractivity (Wildman–Crippen MR) is 96.6 cm³/mol. The standard InChI is InChI=1S/C20H17N3O2/c24-20(18-7-4-12-25-18)21-15-9-10-16-17(13-15)23-19(22-16)11-8-14-5-2-1-3-6-14/h1-7,9-10,12-13H,8,11H2,(H,21,24)(H,22,23). The van der Waals surface area contributed by atoms with Crippen molar-refractivity contribution in [2.75, 3.05) is 5.32 Å². The van der Waals surface area contributed by atoms with Gasteiger partial charge in [0.25, 0.3) is 5.91 Å². The number of nitrogens with zero attached hydrogens (tertiary/aromatic N) is 1. The Morgan fingerprint density at radius 3 is 2.72 bits per heavy atom. The summed E-state index contributed by atoms with van der Waals surface area (Å²) in [5.74, 6) is 0.954. The quantitative estimate of drug-likeness (QED) is 0.576. The summed E-state index contributed by atoms with van der Waals surface area (Å²) in [7, 11) is 0. The predicted octanol–water partition coefficient (Wildman–Crippen LogP) is 4.19. The minimum atomic E-state index is -0.270. The van der Waals surface area contributed by atoms with Gasteiger partial charge in [0.1, 0.15) is 5.82 Å². The summed E-state index contributed by atoms with van der Waals surface area (Å²) in [6.45, 7) is 0. The number of nitrogens with one attached hydrogen (secondary N) is 2. The van der Waals surface area contributed by atoms with Crippen LogP contribution in [0.4, 0.5) is 5.69 Å². The van der Waals surface area contributed by atoms with Gasteiger partial charge in [-0.05, 0) is 42.3 Å². The molecule has 0 aliphatic heterocycles. The van der Waals surface area contributed by atoms with Crippen molar-refractivity contribution in [1.29, 1.82) is 0 Å². The number of aromatic amines is 1. The van der Waals surface area contributed by atoms with Gasteiger partial charge in [-0.2, -0.15) is 0 Å². The SMILES string of the molecule is O=C(Nc1ccc2nc(CCc3ccccc3)[nH]c2c1)c1ccco1. The lowest BCUT2D eigenvalue weighted by atomic mass is 10.1. The Morgan fingerprint density at radius 2 is 1.92 bits per heavy atom. The number of carbonyl (C=O) groups is 1. The van der Waals surface area contributed by atoms with E-state index in [0.717, 1.165) is 29.7 Å². The van der Waals surface area contributed by atoms with Crippen molar-refractivity contribution in [3.63, 3.8) is 0 Å². The Balaban J connectivity index is 1.48. The summed E-state index contributed by atoms with van der Waals surface area (Å²) in [6, 6.07) is 19.3. The monoisotopic (exact) mass is 331 g/mol. The number of hydrogen-bond donors (Lipinski definition) is 2. The van der Waals surface area contributed by atoms with Crippen molar-refractivity contribution >= 4 is 22.6 Å². The first-order valence-electron chi connectivity index (χ1n) is 8.15. The summed E-state index contributed by atoms with van der Waals surface area (Å²) in [5.41, 5.74) is 3.78. The van der Waals surface area contributed by atoms with Gasteiger partial charge in [0.2, 0.25) is 0 Å². The fourth-order valence-corrected chi connectivity index (χ4v) is 2.77. The van der Waals surface area contributed by atoms with Crippen LogP contribution in [-0.4, -0.2) is 15.9 Å². The normalized spacial score (nSPS) is 10.9. The Bertz CT molecular complexity index is 988. The largest absolute Gasteiger partial charge is 0.459 e. The second-order valence-electron chi connectivity index (χ2n) is 5.83. The molecule has 4 aromatic rings. The van der Waals surface area contributed by atoms with E-state index < -0.39 is 0 Å². The fraction of sp³-hybridized carbons (Fsp3) is 0.100. The number of imidazole rings is 1. The summed E-state index contributed by atoms with van der Waals surface area (Å²) >= 11 is 0. The number of fused-ring (bicyclic) bond motifs is 1. The first kappa shape index (κ1) is 15.2. The maximum absolute atomic E-state index is 12.0. The Morgan fingerprint density at radius 1 is 1.04 bits per heavy atom. The van der Waals surface area contributed by atoms with Crippen molar-refractivity contribution in [3.8, 4) is 0 Å². The summed E-state index contributed by atoms with van der Waals surface area (Å²) in [6.07, 6.45) is 3.25. The van der Waals surface area contributed by atoms with Crippen LogP contribution >= 0.6 is 0 Å². The molecule has 25 heavy (non-hydrogen) atoms.